The second-order valence-corrected chi connectivity index (χ2v) is 7.02. The minimum absolute atomic E-state index is 0.0616. The maximum absolute atomic E-state index is 12.9. The number of aromatic nitrogens is 2. The van der Waals surface area contributed by atoms with E-state index in [0.717, 1.165) is 11.9 Å². The average molecular weight is 409 g/mol. The highest BCUT2D eigenvalue weighted by molar-refractivity contribution is 6.05. The van der Waals surface area contributed by atoms with E-state index in [-0.39, 0.29) is 18.4 Å². The lowest BCUT2D eigenvalue weighted by molar-refractivity contribution is -0.119. The molecule has 0 atom stereocenters. The van der Waals surface area contributed by atoms with Gasteiger partial charge in [0.05, 0.1) is 23.0 Å². The van der Waals surface area contributed by atoms with Gasteiger partial charge in [-0.1, -0.05) is 30.3 Å². The van der Waals surface area contributed by atoms with Gasteiger partial charge in [-0.25, -0.2) is 4.98 Å². The highest BCUT2D eigenvalue weighted by atomic mass is 16.5. The molecule has 0 unspecified atom stereocenters. The minimum Gasteiger partial charge on any atom is -0.375 e. The number of nitrogens with zero attached hydrogens (tertiary/aromatic N) is 3. The number of rotatable bonds is 9. The number of imidazole rings is 1. The quantitative estimate of drug-likeness (QED) is 0.589. The van der Waals surface area contributed by atoms with E-state index in [9.17, 15) is 9.59 Å². The molecule has 2 amide bonds. The number of nitrogens with one attached hydrogen (secondary N) is 1. The zero-order chi connectivity index (χ0) is 21.5. The molecule has 1 N–H and O–H groups in total. The summed E-state index contributed by atoms with van der Waals surface area (Å²) in [4.78, 5) is 31.4. The van der Waals surface area contributed by atoms with Crippen LogP contribution in [0, 0.1) is 0 Å². The molecule has 0 bridgehead atoms. The number of aryl methyl sites for hydroxylation is 2. The summed E-state index contributed by atoms with van der Waals surface area (Å²) in [5.41, 5.74) is 3.76. The molecule has 30 heavy (non-hydrogen) atoms. The third-order valence-electron chi connectivity index (χ3n) is 5.04. The van der Waals surface area contributed by atoms with Crippen molar-refractivity contribution in [2.45, 2.75) is 26.8 Å². The number of amides is 2. The summed E-state index contributed by atoms with van der Waals surface area (Å²) >= 11 is 0. The molecule has 1 heterocycles. The van der Waals surface area contributed by atoms with Crippen LogP contribution >= 0.6 is 0 Å². The molecule has 0 fully saturated rings. The maximum atomic E-state index is 12.9. The summed E-state index contributed by atoms with van der Waals surface area (Å²) in [5, 5.41) is 2.89. The third kappa shape index (κ3) is 4.86. The third-order valence-corrected chi connectivity index (χ3v) is 5.04. The number of carbonyl (C=O) groups excluding carboxylic acids is 2. The average Bonchev–Trinajstić information content (AvgIpc) is 3.17. The van der Waals surface area contributed by atoms with Crippen molar-refractivity contribution in [1.29, 1.82) is 0 Å². The van der Waals surface area contributed by atoms with Gasteiger partial charge in [-0.2, -0.15) is 0 Å². The summed E-state index contributed by atoms with van der Waals surface area (Å²) in [6.45, 7) is 5.76. The van der Waals surface area contributed by atoms with Gasteiger partial charge < -0.3 is 19.5 Å². The van der Waals surface area contributed by atoms with Crippen LogP contribution in [0.3, 0.4) is 0 Å². The van der Waals surface area contributed by atoms with Crippen LogP contribution in [0.2, 0.25) is 0 Å². The van der Waals surface area contributed by atoms with Crippen molar-refractivity contribution < 1.29 is 14.3 Å². The molecule has 7 nitrogen and oxygen atoms in total. The number of hydrogen-bond acceptors (Lipinski definition) is 4. The first-order valence-electron chi connectivity index (χ1n) is 10.2. The molecule has 0 saturated heterocycles. The van der Waals surface area contributed by atoms with Crippen molar-refractivity contribution in [3.8, 4) is 0 Å². The predicted octanol–water partition coefficient (Wildman–Crippen LogP) is 3.35. The molecule has 3 aromatic rings. The van der Waals surface area contributed by atoms with Crippen molar-refractivity contribution in [1.82, 2.24) is 14.5 Å². The van der Waals surface area contributed by atoms with Gasteiger partial charge in [-0.05, 0) is 38.0 Å². The van der Waals surface area contributed by atoms with Gasteiger partial charge in [0.15, 0.2) is 0 Å². The fraction of sp³-hybridized carbons (Fsp3) is 0.348. The molecule has 2 aromatic carbocycles. The molecule has 0 aliphatic carbocycles. The van der Waals surface area contributed by atoms with Gasteiger partial charge >= 0.3 is 0 Å². The molecule has 158 valence electrons. The normalized spacial score (nSPS) is 10.9. The van der Waals surface area contributed by atoms with Crippen LogP contribution in [0.15, 0.2) is 48.8 Å². The first kappa shape index (κ1) is 21.5. The molecule has 0 aliphatic rings. The lowest BCUT2D eigenvalue weighted by atomic mass is 10.1. The van der Waals surface area contributed by atoms with Gasteiger partial charge in [0.2, 0.25) is 5.91 Å². The van der Waals surface area contributed by atoms with Crippen molar-refractivity contribution in [3.63, 3.8) is 0 Å². The number of benzene rings is 2. The SMILES string of the molecule is CCN(CC)C(=O)c1cc(NC(=O)COC)c2c(c1)ncn2CCc1ccccc1. The van der Waals surface area contributed by atoms with Crippen LogP contribution in [0.5, 0.6) is 0 Å². The molecular weight excluding hydrogens is 380 g/mol. The monoisotopic (exact) mass is 408 g/mol. The van der Waals surface area contributed by atoms with E-state index in [1.54, 1.807) is 23.4 Å². The Morgan fingerprint density at radius 3 is 2.53 bits per heavy atom. The Balaban J connectivity index is 1.99. The molecular formula is C23H28N4O3. The Hall–Kier alpha value is -3.19. The van der Waals surface area contributed by atoms with E-state index in [4.69, 9.17) is 4.74 Å². The van der Waals surface area contributed by atoms with Crippen LogP contribution in [0.1, 0.15) is 29.8 Å². The number of methoxy groups -OCH3 is 1. The smallest absolute Gasteiger partial charge is 0.253 e. The van der Waals surface area contributed by atoms with Crippen LogP contribution in [0.4, 0.5) is 5.69 Å². The van der Waals surface area contributed by atoms with Crippen molar-refractivity contribution in [2.24, 2.45) is 0 Å². The minimum atomic E-state index is -0.276. The highest BCUT2D eigenvalue weighted by Crippen LogP contribution is 2.26. The Bertz CT molecular complexity index is 1010. The first-order chi connectivity index (χ1) is 14.6. The number of anilines is 1. The van der Waals surface area contributed by atoms with E-state index >= 15 is 0 Å². The second-order valence-electron chi connectivity index (χ2n) is 7.02. The van der Waals surface area contributed by atoms with Gasteiger partial charge in [0.1, 0.15) is 6.61 Å². The number of ether oxygens (including phenoxy) is 1. The van der Waals surface area contributed by atoms with Crippen LogP contribution in [-0.2, 0) is 22.5 Å². The lowest BCUT2D eigenvalue weighted by Crippen LogP contribution is -2.30. The summed E-state index contributed by atoms with van der Waals surface area (Å²) in [7, 11) is 1.47. The first-order valence-corrected chi connectivity index (χ1v) is 10.2. The van der Waals surface area contributed by atoms with E-state index in [1.807, 2.05) is 36.6 Å². The molecule has 0 aliphatic heterocycles. The maximum Gasteiger partial charge on any atom is 0.253 e. The van der Waals surface area contributed by atoms with Crippen LogP contribution in [-0.4, -0.2) is 53.1 Å². The standard InChI is InChI=1S/C23H28N4O3/c1-4-26(5-2)23(29)18-13-19-22(20(14-18)25-21(28)15-30-3)27(16-24-19)12-11-17-9-7-6-8-10-17/h6-10,13-14,16H,4-5,11-12,15H2,1-3H3,(H,25,28). The Morgan fingerprint density at radius 1 is 1.13 bits per heavy atom. The second kappa shape index (κ2) is 10.0. The zero-order valence-corrected chi connectivity index (χ0v) is 17.7. The van der Waals surface area contributed by atoms with Gasteiger partial charge in [-0.15, -0.1) is 0 Å². The van der Waals surface area contributed by atoms with E-state index in [0.29, 0.717) is 36.4 Å². The molecule has 0 saturated carbocycles. The van der Waals surface area contributed by atoms with Gasteiger partial charge in [-0.3, -0.25) is 9.59 Å². The van der Waals surface area contributed by atoms with Crippen molar-refractivity contribution in [2.75, 3.05) is 32.1 Å². The lowest BCUT2D eigenvalue weighted by Gasteiger charge is -2.19. The molecule has 0 spiro atoms. The Morgan fingerprint density at radius 2 is 1.87 bits per heavy atom. The molecule has 7 heteroatoms. The topological polar surface area (TPSA) is 76.5 Å². The van der Waals surface area contributed by atoms with E-state index in [2.05, 4.69) is 22.4 Å². The highest BCUT2D eigenvalue weighted by Gasteiger charge is 2.19. The van der Waals surface area contributed by atoms with Gasteiger partial charge in [0.25, 0.3) is 5.91 Å². The molecule has 1 aromatic heterocycles. The summed E-state index contributed by atoms with van der Waals surface area (Å²) in [6, 6.07) is 13.7. The summed E-state index contributed by atoms with van der Waals surface area (Å²) < 4.78 is 6.96. The summed E-state index contributed by atoms with van der Waals surface area (Å²) in [6.07, 6.45) is 2.59. The van der Waals surface area contributed by atoms with Crippen LogP contribution in [0.25, 0.3) is 11.0 Å². The van der Waals surface area contributed by atoms with Gasteiger partial charge in [0, 0.05) is 32.3 Å². The zero-order valence-electron chi connectivity index (χ0n) is 17.7. The fourth-order valence-electron chi connectivity index (χ4n) is 3.50. The predicted molar refractivity (Wildman–Crippen MR) is 118 cm³/mol. The fourth-order valence-corrected chi connectivity index (χ4v) is 3.50. The molecule has 3 rings (SSSR count). The Kier molecular flexibility index (Phi) is 7.19. The number of fused-ring (bicyclic) bond motifs is 1. The van der Waals surface area contributed by atoms with Crippen LogP contribution < -0.4 is 5.32 Å². The van der Waals surface area contributed by atoms with Crippen molar-refractivity contribution in [3.05, 3.63) is 59.9 Å². The Labute approximate surface area is 176 Å². The number of hydrogen-bond donors (Lipinski definition) is 1. The molecule has 0 radical (unpaired) electrons. The largest absolute Gasteiger partial charge is 0.375 e. The summed E-state index contributed by atoms with van der Waals surface area (Å²) in [5.74, 6) is -0.356. The van der Waals surface area contributed by atoms with E-state index < -0.39 is 0 Å². The number of carbonyl (C=O) groups is 2. The van der Waals surface area contributed by atoms with Crippen molar-refractivity contribution >= 4 is 28.5 Å². The van der Waals surface area contributed by atoms with E-state index in [1.165, 1.54) is 12.7 Å².